The maximum Gasteiger partial charge on any atom is 0.220 e. The number of benzene rings is 1. The zero-order valence-corrected chi connectivity index (χ0v) is 15.4. The van der Waals surface area contributed by atoms with Gasteiger partial charge in [0.05, 0.1) is 16.1 Å². The molecule has 0 spiro atoms. The molecule has 1 rings (SSSR count). The van der Waals surface area contributed by atoms with Crippen LogP contribution in [0, 0.1) is 5.92 Å². The van der Waals surface area contributed by atoms with E-state index in [9.17, 15) is 14.3 Å². The number of primary amides is 1. The van der Waals surface area contributed by atoms with Gasteiger partial charge in [-0.15, -0.1) is 0 Å². The fourth-order valence-electron chi connectivity index (χ4n) is 2.43. The molecule has 24 heavy (non-hydrogen) atoms. The van der Waals surface area contributed by atoms with Gasteiger partial charge in [0.25, 0.3) is 0 Å². The van der Waals surface area contributed by atoms with Crippen LogP contribution >= 0.6 is 23.2 Å². The molecule has 0 aliphatic heterocycles. The molecule has 0 heterocycles. The fourth-order valence-corrected chi connectivity index (χ4v) is 2.76. The first kappa shape index (κ1) is 21.2. The van der Waals surface area contributed by atoms with Gasteiger partial charge >= 0.3 is 0 Å². The highest BCUT2D eigenvalue weighted by molar-refractivity contribution is 6.42. The Morgan fingerprint density at radius 2 is 1.96 bits per heavy atom. The van der Waals surface area contributed by atoms with Gasteiger partial charge in [-0.25, -0.2) is 4.39 Å². The zero-order valence-electron chi connectivity index (χ0n) is 13.9. The van der Waals surface area contributed by atoms with E-state index in [-0.39, 0.29) is 19.3 Å². The molecule has 0 saturated carbocycles. The first-order valence-electron chi connectivity index (χ1n) is 7.85. The predicted octanol–water partition coefficient (Wildman–Crippen LogP) is 3.24. The van der Waals surface area contributed by atoms with Crippen LogP contribution < -0.4 is 11.5 Å². The third-order valence-corrected chi connectivity index (χ3v) is 4.70. The first-order chi connectivity index (χ1) is 11.0. The molecular formula is C17H25Cl2FN2O2. The van der Waals surface area contributed by atoms with Gasteiger partial charge in [0.1, 0.15) is 5.67 Å². The number of aliphatic hydroxyl groups is 1. The molecule has 0 aromatic heterocycles. The van der Waals surface area contributed by atoms with Crippen LogP contribution in [0.5, 0.6) is 0 Å². The van der Waals surface area contributed by atoms with Gasteiger partial charge in [0.2, 0.25) is 5.91 Å². The number of aliphatic hydroxyl groups excluding tert-OH is 1. The normalized spacial score (nSPS) is 15.8. The molecule has 0 fully saturated rings. The van der Waals surface area contributed by atoms with E-state index in [0.717, 1.165) is 5.56 Å². The van der Waals surface area contributed by atoms with Crippen molar-refractivity contribution in [2.75, 3.05) is 0 Å². The quantitative estimate of drug-likeness (QED) is 0.615. The van der Waals surface area contributed by atoms with E-state index >= 15 is 0 Å². The Balaban J connectivity index is 2.63. The highest BCUT2D eigenvalue weighted by Gasteiger charge is 2.26. The molecule has 3 atom stereocenters. The lowest BCUT2D eigenvalue weighted by molar-refractivity contribution is -0.123. The zero-order chi connectivity index (χ0) is 18.5. The average molecular weight is 379 g/mol. The summed E-state index contributed by atoms with van der Waals surface area (Å²) in [5.41, 5.74) is 10.8. The van der Waals surface area contributed by atoms with Gasteiger partial charge in [-0.2, -0.15) is 0 Å². The van der Waals surface area contributed by atoms with Crippen LogP contribution in [-0.4, -0.2) is 28.8 Å². The van der Waals surface area contributed by atoms with Crippen molar-refractivity contribution in [1.29, 1.82) is 0 Å². The van der Waals surface area contributed by atoms with E-state index in [0.29, 0.717) is 16.5 Å². The maximum atomic E-state index is 13.6. The van der Waals surface area contributed by atoms with Crippen LogP contribution in [0.2, 0.25) is 10.0 Å². The van der Waals surface area contributed by atoms with E-state index in [1.807, 2.05) is 0 Å². The van der Waals surface area contributed by atoms with E-state index < -0.39 is 29.6 Å². The van der Waals surface area contributed by atoms with Crippen LogP contribution in [0.25, 0.3) is 0 Å². The van der Waals surface area contributed by atoms with Gasteiger partial charge in [0, 0.05) is 12.0 Å². The Hall–Kier alpha value is -0.880. The molecule has 0 aliphatic carbocycles. The fraction of sp³-hybridized carbons (Fsp3) is 0.588. The number of carbonyl (C=O) groups is 1. The summed E-state index contributed by atoms with van der Waals surface area (Å²) in [5, 5.41) is 11.1. The van der Waals surface area contributed by atoms with Gasteiger partial charge in [-0.3, -0.25) is 4.79 Å². The molecule has 1 aromatic rings. The topological polar surface area (TPSA) is 89.3 Å². The van der Waals surface area contributed by atoms with Crippen molar-refractivity contribution < 1.29 is 14.3 Å². The van der Waals surface area contributed by atoms with Gasteiger partial charge in [-0.1, -0.05) is 29.3 Å². The molecule has 4 nitrogen and oxygen atoms in total. The number of hydrogen-bond acceptors (Lipinski definition) is 3. The van der Waals surface area contributed by atoms with Crippen molar-refractivity contribution >= 4 is 29.1 Å². The van der Waals surface area contributed by atoms with Crippen molar-refractivity contribution in [2.24, 2.45) is 17.4 Å². The van der Waals surface area contributed by atoms with Gasteiger partial charge in [0.15, 0.2) is 0 Å². The Bertz CT molecular complexity index is 564. The number of alkyl halides is 1. The summed E-state index contributed by atoms with van der Waals surface area (Å²) in [6.45, 7) is 2.88. The van der Waals surface area contributed by atoms with Crippen molar-refractivity contribution in [1.82, 2.24) is 0 Å². The Labute approximate surface area is 152 Å². The molecule has 136 valence electrons. The molecule has 0 bridgehead atoms. The van der Waals surface area contributed by atoms with Crippen LogP contribution in [0.1, 0.15) is 38.7 Å². The number of nitrogens with two attached hydrogens (primary N) is 2. The minimum Gasteiger partial charge on any atom is -0.391 e. The van der Waals surface area contributed by atoms with Crippen molar-refractivity contribution in [3.05, 3.63) is 33.8 Å². The standard InChI is InChI=1S/C17H25Cl2FN2O2/c1-17(2,20)6-5-11(16(22)24)9-15(23)14(21)8-10-3-4-12(18)13(19)7-10/h3-4,7,11,14-15,23H,5-6,8-9,21H2,1-2H3,(H2,22,24)/t11-,14+,15+/m1/s1. The molecule has 0 radical (unpaired) electrons. The Morgan fingerprint density at radius 1 is 1.33 bits per heavy atom. The number of hydrogen-bond donors (Lipinski definition) is 3. The molecule has 7 heteroatoms. The van der Waals surface area contributed by atoms with Crippen LogP contribution in [-0.2, 0) is 11.2 Å². The largest absolute Gasteiger partial charge is 0.391 e. The highest BCUT2D eigenvalue weighted by atomic mass is 35.5. The summed E-state index contributed by atoms with van der Waals surface area (Å²) in [6, 6.07) is 4.53. The number of amides is 1. The minimum absolute atomic E-state index is 0.105. The monoisotopic (exact) mass is 378 g/mol. The van der Waals surface area contributed by atoms with Crippen LogP contribution in [0.15, 0.2) is 18.2 Å². The van der Waals surface area contributed by atoms with Crippen LogP contribution in [0.4, 0.5) is 4.39 Å². The summed E-state index contributed by atoms with van der Waals surface area (Å²) in [6.07, 6.45) is 0.0104. The molecule has 0 unspecified atom stereocenters. The lowest BCUT2D eigenvalue weighted by Crippen LogP contribution is -2.40. The molecule has 5 N–H and O–H groups in total. The summed E-state index contributed by atoms with van der Waals surface area (Å²) in [5.74, 6) is -1.17. The molecule has 0 saturated heterocycles. The first-order valence-corrected chi connectivity index (χ1v) is 8.61. The Morgan fingerprint density at radius 3 is 2.46 bits per heavy atom. The SMILES string of the molecule is CC(C)(F)CC[C@H](C[C@H](O)[C@@H](N)Cc1ccc(Cl)c(Cl)c1)C(N)=O. The lowest BCUT2D eigenvalue weighted by Gasteiger charge is -2.24. The second kappa shape index (κ2) is 8.99. The number of halogens is 3. The second-order valence-electron chi connectivity index (χ2n) is 6.78. The molecule has 0 aliphatic rings. The number of rotatable bonds is 9. The predicted molar refractivity (Wildman–Crippen MR) is 95.9 cm³/mol. The summed E-state index contributed by atoms with van der Waals surface area (Å²) < 4.78 is 13.6. The minimum atomic E-state index is -1.39. The van der Waals surface area contributed by atoms with Crippen molar-refractivity contribution in [3.63, 3.8) is 0 Å². The second-order valence-corrected chi connectivity index (χ2v) is 7.59. The van der Waals surface area contributed by atoms with E-state index in [1.165, 1.54) is 13.8 Å². The van der Waals surface area contributed by atoms with E-state index in [1.54, 1.807) is 18.2 Å². The van der Waals surface area contributed by atoms with E-state index in [4.69, 9.17) is 34.7 Å². The van der Waals surface area contributed by atoms with Crippen molar-refractivity contribution in [2.45, 2.75) is 57.3 Å². The van der Waals surface area contributed by atoms with Crippen LogP contribution in [0.3, 0.4) is 0 Å². The van der Waals surface area contributed by atoms with Crippen molar-refractivity contribution in [3.8, 4) is 0 Å². The smallest absolute Gasteiger partial charge is 0.220 e. The van der Waals surface area contributed by atoms with E-state index in [2.05, 4.69) is 0 Å². The number of carbonyl (C=O) groups excluding carboxylic acids is 1. The summed E-state index contributed by atoms with van der Waals surface area (Å²) >= 11 is 11.8. The third kappa shape index (κ3) is 7.34. The third-order valence-electron chi connectivity index (χ3n) is 3.97. The Kier molecular flexibility index (Phi) is 7.93. The highest BCUT2D eigenvalue weighted by Crippen LogP contribution is 2.25. The lowest BCUT2D eigenvalue weighted by atomic mass is 9.88. The van der Waals surface area contributed by atoms with Gasteiger partial charge < -0.3 is 16.6 Å². The molecule has 1 aromatic carbocycles. The summed E-state index contributed by atoms with van der Waals surface area (Å²) in [7, 11) is 0. The summed E-state index contributed by atoms with van der Waals surface area (Å²) in [4.78, 5) is 11.5. The molecular weight excluding hydrogens is 354 g/mol. The molecule has 1 amide bonds. The van der Waals surface area contributed by atoms with Gasteiger partial charge in [-0.05, 0) is 57.2 Å². The maximum absolute atomic E-state index is 13.6. The average Bonchev–Trinajstić information content (AvgIpc) is 2.45.